The van der Waals surface area contributed by atoms with Crippen LogP contribution in [0.2, 0.25) is 0 Å². The van der Waals surface area contributed by atoms with E-state index in [1.165, 1.54) is 29.7 Å². The van der Waals surface area contributed by atoms with Gasteiger partial charge in [0.25, 0.3) is 5.91 Å². The first-order valence-corrected chi connectivity index (χ1v) is 11.4. The van der Waals surface area contributed by atoms with Crippen LogP contribution >= 0.6 is 11.3 Å². The number of ether oxygens (including phenoxy) is 2. The fourth-order valence-corrected chi connectivity index (χ4v) is 6.32. The van der Waals surface area contributed by atoms with Crippen molar-refractivity contribution in [1.29, 1.82) is 0 Å². The molecule has 4 aliphatic rings. The summed E-state index contributed by atoms with van der Waals surface area (Å²) in [5.74, 6) is 0.0864. The van der Waals surface area contributed by atoms with Gasteiger partial charge in [-0.3, -0.25) is 4.79 Å². The van der Waals surface area contributed by atoms with E-state index < -0.39 is 0 Å². The molecule has 1 N–H and O–H groups in total. The van der Waals surface area contributed by atoms with Gasteiger partial charge in [0.15, 0.2) is 0 Å². The molecule has 5 rings (SSSR count). The topological polar surface area (TPSA) is 50.8 Å². The summed E-state index contributed by atoms with van der Waals surface area (Å²) in [5, 5.41) is 3.22. The largest absolute Gasteiger partial charge is 0.381 e. The Morgan fingerprint density at radius 3 is 2.63 bits per heavy atom. The first-order chi connectivity index (χ1) is 13.2. The molecule has 0 radical (unpaired) electrons. The minimum absolute atomic E-state index is 0.0864. The van der Waals surface area contributed by atoms with Gasteiger partial charge in [-0.05, 0) is 56.6 Å². The summed E-state index contributed by atoms with van der Waals surface area (Å²) in [6.45, 7) is 4.55. The quantitative estimate of drug-likeness (QED) is 0.862. The Bertz CT molecular complexity index is 686. The van der Waals surface area contributed by atoms with Gasteiger partial charge in [0.2, 0.25) is 0 Å². The number of piperidine rings is 1. The van der Waals surface area contributed by atoms with E-state index >= 15 is 0 Å². The third-order valence-electron chi connectivity index (χ3n) is 6.95. The number of fused-ring (bicyclic) bond motifs is 2. The van der Waals surface area contributed by atoms with Gasteiger partial charge in [0, 0.05) is 43.3 Å². The summed E-state index contributed by atoms with van der Waals surface area (Å²) in [5.41, 5.74) is 1.20. The van der Waals surface area contributed by atoms with Crippen LogP contribution in [0.1, 0.15) is 65.1 Å². The van der Waals surface area contributed by atoms with Crippen molar-refractivity contribution in [2.45, 2.75) is 69.1 Å². The molecule has 27 heavy (non-hydrogen) atoms. The van der Waals surface area contributed by atoms with Gasteiger partial charge >= 0.3 is 0 Å². The van der Waals surface area contributed by atoms with Gasteiger partial charge in [-0.15, -0.1) is 11.3 Å². The monoisotopic (exact) mass is 390 g/mol. The lowest BCUT2D eigenvalue weighted by molar-refractivity contribution is -0.104. The molecule has 1 aromatic rings. The Hall–Kier alpha value is -0.950. The zero-order chi connectivity index (χ0) is 18.3. The van der Waals surface area contributed by atoms with Crippen LogP contribution in [0.5, 0.6) is 0 Å². The zero-order valence-corrected chi connectivity index (χ0v) is 16.8. The van der Waals surface area contributed by atoms with Crippen molar-refractivity contribution in [2.75, 3.05) is 32.9 Å². The number of rotatable bonds is 3. The maximum atomic E-state index is 12.8. The maximum Gasteiger partial charge on any atom is 0.261 e. The van der Waals surface area contributed by atoms with Crippen LogP contribution in [0.25, 0.3) is 0 Å². The number of carbonyl (C=O) groups is 1. The van der Waals surface area contributed by atoms with Crippen molar-refractivity contribution in [3.8, 4) is 0 Å². The van der Waals surface area contributed by atoms with Gasteiger partial charge in [-0.25, -0.2) is 0 Å². The molecule has 5 nitrogen and oxygen atoms in total. The second-order valence-corrected chi connectivity index (χ2v) is 9.59. The molecule has 1 spiro atoms. The molecule has 1 amide bonds. The molecule has 0 unspecified atom stereocenters. The molecule has 1 saturated carbocycles. The number of hydrogen-bond acceptors (Lipinski definition) is 5. The normalized spacial score (nSPS) is 26.5. The SMILES string of the molecule is O=C(NC1CCOCC1)c1cc2c(s1)C1(CCN(C3CCC3)CC1)OCC2. The minimum atomic E-state index is -0.143. The van der Waals surface area contributed by atoms with Gasteiger partial charge in [0.1, 0.15) is 5.60 Å². The number of nitrogens with one attached hydrogen (secondary N) is 1. The van der Waals surface area contributed by atoms with Gasteiger partial charge in [-0.1, -0.05) is 6.42 Å². The number of nitrogens with zero attached hydrogens (tertiary/aromatic N) is 1. The van der Waals surface area contributed by atoms with Gasteiger partial charge < -0.3 is 19.7 Å². The summed E-state index contributed by atoms with van der Waals surface area (Å²) in [6.07, 6.45) is 9.04. The van der Waals surface area contributed by atoms with Crippen molar-refractivity contribution in [3.05, 3.63) is 21.4 Å². The molecule has 2 saturated heterocycles. The number of amides is 1. The Balaban J connectivity index is 1.30. The lowest BCUT2D eigenvalue weighted by Gasteiger charge is -2.47. The van der Waals surface area contributed by atoms with Crippen molar-refractivity contribution in [3.63, 3.8) is 0 Å². The lowest BCUT2D eigenvalue weighted by Crippen LogP contribution is -2.50. The van der Waals surface area contributed by atoms with E-state index in [9.17, 15) is 4.79 Å². The zero-order valence-electron chi connectivity index (χ0n) is 16.0. The average Bonchev–Trinajstić information content (AvgIpc) is 3.09. The van der Waals surface area contributed by atoms with E-state index in [1.54, 1.807) is 11.3 Å². The summed E-state index contributed by atoms with van der Waals surface area (Å²) in [4.78, 5) is 17.7. The fraction of sp³-hybridized carbons (Fsp3) is 0.762. The maximum absolute atomic E-state index is 12.8. The Morgan fingerprint density at radius 1 is 1.15 bits per heavy atom. The molecule has 148 valence electrons. The molecule has 1 aliphatic carbocycles. The average molecular weight is 391 g/mol. The molecule has 0 atom stereocenters. The number of carbonyl (C=O) groups excluding carboxylic acids is 1. The molecular weight excluding hydrogens is 360 g/mol. The second kappa shape index (κ2) is 7.47. The summed E-state index contributed by atoms with van der Waals surface area (Å²) >= 11 is 1.68. The highest BCUT2D eigenvalue weighted by molar-refractivity contribution is 7.14. The van der Waals surface area contributed by atoms with Crippen LogP contribution in [0.3, 0.4) is 0 Å². The van der Waals surface area contributed by atoms with E-state index in [1.807, 2.05) is 0 Å². The highest BCUT2D eigenvalue weighted by atomic mass is 32.1. The van der Waals surface area contributed by atoms with Crippen LogP contribution in [-0.2, 0) is 21.5 Å². The van der Waals surface area contributed by atoms with E-state index in [-0.39, 0.29) is 17.6 Å². The van der Waals surface area contributed by atoms with E-state index in [0.717, 1.165) is 75.9 Å². The molecule has 1 aromatic heterocycles. The van der Waals surface area contributed by atoms with E-state index in [0.29, 0.717) is 0 Å². The molecule has 3 aliphatic heterocycles. The van der Waals surface area contributed by atoms with Crippen molar-refractivity contribution < 1.29 is 14.3 Å². The third-order valence-corrected chi connectivity index (χ3v) is 8.31. The Labute approximate surface area is 165 Å². The van der Waals surface area contributed by atoms with E-state index in [4.69, 9.17) is 9.47 Å². The predicted molar refractivity (Wildman–Crippen MR) is 105 cm³/mol. The fourth-order valence-electron chi connectivity index (χ4n) is 5.01. The molecule has 0 bridgehead atoms. The molecule has 0 aromatic carbocycles. The number of likely N-dealkylation sites (tertiary alicyclic amines) is 1. The number of thiophene rings is 1. The van der Waals surface area contributed by atoms with Crippen molar-refractivity contribution >= 4 is 17.2 Å². The molecule has 4 heterocycles. The predicted octanol–water partition coefficient (Wildman–Crippen LogP) is 3.07. The molecule has 3 fully saturated rings. The van der Waals surface area contributed by atoms with Crippen LogP contribution in [0.4, 0.5) is 0 Å². The van der Waals surface area contributed by atoms with Crippen LogP contribution in [-0.4, -0.2) is 55.8 Å². The van der Waals surface area contributed by atoms with Crippen molar-refractivity contribution in [2.24, 2.45) is 0 Å². The van der Waals surface area contributed by atoms with Crippen LogP contribution in [0.15, 0.2) is 6.07 Å². The molecular formula is C21H30N2O3S. The highest BCUT2D eigenvalue weighted by Crippen LogP contribution is 2.46. The standard InChI is InChI=1S/C21H30N2O3S/c24-20(22-16-5-11-25-12-6-16)18-14-15-4-13-26-21(19(15)27-18)7-9-23(10-8-21)17-2-1-3-17/h14,16-17H,1-13H2,(H,22,24). The molecule has 6 heteroatoms. The van der Waals surface area contributed by atoms with Gasteiger partial charge in [-0.2, -0.15) is 0 Å². The Kier molecular flexibility index (Phi) is 5.01. The van der Waals surface area contributed by atoms with Crippen LogP contribution < -0.4 is 5.32 Å². The Morgan fingerprint density at radius 2 is 1.93 bits per heavy atom. The summed E-state index contributed by atoms with van der Waals surface area (Å²) < 4.78 is 11.8. The lowest BCUT2D eigenvalue weighted by atomic mass is 9.82. The number of hydrogen-bond donors (Lipinski definition) is 1. The first-order valence-electron chi connectivity index (χ1n) is 10.6. The minimum Gasteiger partial charge on any atom is -0.381 e. The van der Waals surface area contributed by atoms with Gasteiger partial charge in [0.05, 0.1) is 11.5 Å². The second-order valence-electron chi connectivity index (χ2n) is 8.54. The van der Waals surface area contributed by atoms with Crippen LogP contribution in [0, 0.1) is 0 Å². The van der Waals surface area contributed by atoms with E-state index in [2.05, 4.69) is 16.3 Å². The first kappa shape index (κ1) is 18.1. The third kappa shape index (κ3) is 3.46. The summed E-state index contributed by atoms with van der Waals surface area (Å²) in [7, 11) is 0. The van der Waals surface area contributed by atoms with Crippen molar-refractivity contribution in [1.82, 2.24) is 10.2 Å². The summed E-state index contributed by atoms with van der Waals surface area (Å²) in [6, 6.07) is 3.20. The highest BCUT2D eigenvalue weighted by Gasteiger charge is 2.44. The smallest absolute Gasteiger partial charge is 0.261 e.